The molecule has 0 saturated heterocycles. The van der Waals surface area contributed by atoms with Gasteiger partial charge in [0, 0.05) is 10.0 Å². The molecule has 0 aliphatic heterocycles. The fraction of sp³-hybridized carbons (Fsp3) is 0.143. The van der Waals surface area contributed by atoms with Crippen LogP contribution < -0.4 is 5.32 Å². The normalized spacial score (nSPS) is 12.5. The van der Waals surface area contributed by atoms with Gasteiger partial charge in [-0.25, -0.2) is 8.78 Å². The van der Waals surface area contributed by atoms with Crippen molar-refractivity contribution in [2.75, 3.05) is 7.05 Å². The highest BCUT2D eigenvalue weighted by molar-refractivity contribution is 6.31. The number of rotatable bonds is 3. The zero-order valence-electron chi connectivity index (χ0n) is 10.1. The zero-order valence-corrected chi connectivity index (χ0v) is 11.6. The standard InChI is InChI=1S/C14H11Cl2F2N/c1-19-14(8-2-4-9(15)5-3-8)10-6-12(17)13(18)7-11(10)16/h2-7,14,19H,1H3. The van der Waals surface area contributed by atoms with Gasteiger partial charge in [-0.15, -0.1) is 0 Å². The number of halogens is 4. The SMILES string of the molecule is CNC(c1ccc(Cl)cc1)c1cc(F)c(F)cc1Cl. The molecule has 0 spiro atoms. The number of nitrogens with one attached hydrogen (secondary N) is 1. The van der Waals surface area contributed by atoms with Gasteiger partial charge in [-0.1, -0.05) is 35.3 Å². The van der Waals surface area contributed by atoms with Crippen molar-refractivity contribution in [2.24, 2.45) is 0 Å². The van der Waals surface area contributed by atoms with Crippen LogP contribution in [0.1, 0.15) is 17.2 Å². The molecule has 0 saturated carbocycles. The second-order valence-electron chi connectivity index (χ2n) is 4.06. The molecule has 0 radical (unpaired) electrons. The summed E-state index contributed by atoms with van der Waals surface area (Å²) in [6.07, 6.45) is 0. The summed E-state index contributed by atoms with van der Waals surface area (Å²) in [5.41, 5.74) is 1.34. The molecule has 0 aliphatic rings. The van der Waals surface area contributed by atoms with Gasteiger partial charge in [0.1, 0.15) is 0 Å². The molecular weight excluding hydrogens is 291 g/mol. The zero-order chi connectivity index (χ0) is 14.0. The fourth-order valence-electron chi connectivity index (χ4n) is 1.92. The van der Waals surface area contributed by atoms with Crippen LogP contribution in [-0.2, 0) is 0 Å². The highest BCUT2D eigenvalue weighted by Crippen LogP contribution is 2.30. The van der Waals surface area contributed by atoms with Gasteiger partial charge in [0.05, 0.1) is 6.04 Å². The van der Waals surface area contributed by atoms with Gasteiger partial charge in [-0.05, 0) is 42.4 Å². The Labute approximate surface area is 120 Å². The van der Waals surface area contributed by atoms with Crippen LogP contribution in [0.25, 0.3) is 0 Å². The van der Waals surface area contributed by atoms with E-state index in [1.165, 1.54) is 0 Å². The molecule has 1 N–H and O–H groups in total. The van der Waals surface area contributed by atoms with Gasteiger partial charge in [0.25, 0.3) is 0 Å². The third-order valence-corrected chi connectivity index (χ3v) is 3.42. The number of hydrogen-bond donors (Lipinski definition) is 1. The van der Waals surface area contributed by atoms with Gasteiger partial charge in [0.2, 0.25) is 0 Å². The van der Waals surface area contributed by atoms with E-state index in [0.717, 1.165) is 17.7 Å². The van der Waals surface area contributed by atoms with Crippen molar-refractivity contribution in [3.8, 4) is 0 Å². The molecule has 2 aromatic rings. The van der Waals surface area contributed by atoms with Crippen molar-refractivity contribution < 1.29 is 8.78 Å². The average Bonchev–Trinajstić information content (AvgIpc) is 2.38. The van der Waals surface area contributed by atoms with Crippen LogP contribution in [0.2, 0.25) is 10.0 Å². The predicted molar refractivity (Wildman–Crippen MR) is 73.7 cm³/mol. The van der Waals surface area contributed by atoms with Gasteiger partial charge in [-0.3, -0.25) is 0 Å². The van der Waals surface area contributed by atoms with E-state index in [1.54, 1.807) is 31.3 Å². The van der Waals surface area contributed by atoms with Crippen LogP contribution in [0.4, 0.5) is 8.78 Å². The van der Waals surface area contributed by atoms with E-state index in [2.05, 4.69) is 5.32 Å². The Bertz CT molecular complexity index is 585. The molecule has 19 heavy (non-hydrogen) atoms. The van der Waals surface area contributed by atoms with Crippen LogP contribution in [0, 0.1) is 11.6 Å². The van der Waals surface area contributed by atoms with Crippen molar-refractivity contribution in [3.05, 3.63) is 69.2 Å². The number of benzene rings is 2. The summed E-state index contributed by atoms with van der Waals surface area (Å²) in [6.45, 7) is 0. The van der Waals surface area contributed by atoms with E-state index in [4.69, 9.17) is 23.2 Å². The Kier molecular flexibility index (Phi) is 4.40. The average molecular weight is 302 g/mol. The quantitative estimate of drug-likeness (QED) is 0.818. The minimum Gasteiger partial charge on any atom is -0.309 e. The minimum absolute atomic E-state index is 0.174. The van der Waals surface area contributed by atoms with Crippen molar-refractivity contribution in [3.63, 3.8) is 0 Å². The molecule has 0 fully saturated rings. The lowest BCUT2D eigenvalue weighted by molar-refractivity contribution is 0.505. The Morgan fingerprint density at radius 1 is 1.00 bits per heavy atom. The molecule has 0 heterocycles. The van der Waals surface area contributed by atoms with Crippen molar-refractivity contribution in [1.82, 2.24) is 5.32 Å². The third kappa shape index (κ3) is 3.06. The van der Waals surface area contributed by atoms with Crippen molar-refractivity contribution in [1.29, 1.82) is 0 Å². The Balaban J connectivity index is 2.47. The Hall–Kier alpha value is -1.16. The number of hydrogen-bond acceptors (Lipinski definition) is 1. The van der Waals surface area contributed by atoms with E-state index in [1.807, 2.05) is 0 Å². The summed E-state index contributed by atoms with van der Waals surface area (Å²) in [5, 5.41) is 3.81. The Morgan fingerprint density at radius 2 is 1.58 bits per heavy atom. The molecule has 2 rings (SSSR count). The smallest absolute Gasteiger partial charge is 0.160 e. The monoisotopic (exact) mass is 301 g/mol. The van der Waals surface area contributed by atoms with Gasteiger partial charge in [0.15, 0.2) is 11.6 Å². The first-order chi connectivity index (χ1) is 9.02. The summed E-state index contributed by atoms with van der Waals surface area (Å²) in [5.74, 6) is -1.88. The summed E-state index contributed by atoms with van der Waals surface area (Å²) in [7, 11) is 1.72. The predicted octanol–water partition coefficient (Wildman–Crippen LogP) is 4.58. The molecule has 5 heteroatoms. The van der Waals surface area contributed by atoms with Crippen LogP contribution in [0.15, 0.2) is 36.4 Å². The lowest BCUT2D eigenvalue weighted by atomic mass is 9.98. The van der Waals surface area contributed by atoms with Crippen LogP contribution in [0.3, 0.4) is 0 Å². The van der Waals surface area contributed by atoms with E-state index >= 15 is 0 Å². The van der Waals surface area contributed by atoms with E-state index in [-0.39, 0.29) is 11.1 Å². The lowest BCUT2D eigenvalue weighted by Crippen LogP contribution is -2.18. The molecule has 100 valence electrons. The maximum absolute atomic E-state index is 13.4. The van der Waals surface area contributed by atoms with E-state index < -0.39 is 11.6 Å². The van der Waals surface area contributed by atoms with Crippen LogP contribution in [-0.4, -0.2) is 7.05 Å². The molecule has 1 atom stereocenters. The summed E-state index contributed by atoms with van der Waals surface area (Å²) >= 11 is 11.8. The van der Waals surface area contributed by atoms with Crippen LogP contribution >= 0.6 is 23.2 Å². The Morgan fingerprint density at radius 3 is 2.16 bits per heavy atom. The van der Waals surface area contributed by atoms with Crippen molar-refractivity contribution in [2.45, 2.75) is 6.04 Å². The molecule has 0 amide bonds. The molecule has 0 aliphatic carbocycles. The van der Waals surface area contributed by atoms with Crippen LogP contribution in [0.5, 0.6) is 0 Å². The van der Waals surface area contributed by atoms with Crippen molar-refractivity contribution >= 4 is 23.2 Å². The fourth-order valence-corrected chi connectivity index (χ4v) is 2.30. The molecule has 1 nitrogen and oxygen atoms in total. The largest absolute Gasteiger partial charge is 0.309 e. The van der Waals surface area contributed by atoms with E-state index in [9.17, 15) is 8.78 Å². The molecule has 1 unspecified atom stereocenters. The molecule has 0 aromatic heterocycles. The summed E-state index contributed by atoms with van der Waals surface area (Å²) < 4.78 is 26.4. The lowest BCUT2D eigenvalue weighted by Gasteiger charge is -2.19. The highest BCUT2D eigenvalue weighted by atomic mass is 35.5. The first kappa shape index (κ1) is 14.3. The maximum atomic E-state index is 13.4. The van der Waals surface area contributed by atoms with E-state index in [0.29, 0.717) is 10.6 Å². The highest BCUT2D eigenvalue weighted by Gasteiger charge is 2.18. The maximum Gasteiger partial charge on any atom is 0.160 e. The second-order valence-corrected chi connectivity index (χ2v) is 4.90. The molecule has 0 bridgehead atoms. The van der Waals surface area contributed by atoms with Gasteiger partial charge >= 0.3 is 0 Å². The second kappa shape index (κ2) is 5.87. The van der Waals surface area contributed by atoms with Gasteiger partial charge in [-0.2, -0.15) is 0 Å². The summed E-state index contributed by atoms with van der Waals surface area (Å²) in [6, 6.07) is 8.83. The molecular formula is C14H11Cl2F2N. The minimum atomic E-state index is -0.959. The first-order valence-corrected chi connectivity index (χ1v) is 6.35. The van der Waals surface area contributed by atoms with Gasteiger partial charge < -0.3 is 5.32 Å². The first-order valence-electron chi connectivity index (χ1n) is 5.60. The third-order valence-electron chi connectivity index (χ3n) is 2.84. The summed E-state index contributed by atoms with van der Waals surface area (Å²) in [4.78, 5) is 0. The molecule has 2 aromatic carbocycles. The topological polar surface area (TPSA) is 12.0 Å².